The van der Waals surface area contributed by atoms with Crippen molar-refractivity contribution >= 4 is 17.4 Å². The molecule has 0 spiro atoms. The number of carbonyl (C=O) groups excluding carboxylic acids is 1. The predicted molar refractivity (Wildman–Crippen MR) is 84.2 cm³/mol. The van der Waals surface area contributed by atoms with Crippen molar-refractivity contribution in [3.05, 3.63) is 52.5 Å². The highest BCUT2D eigenvalue weighted by atomic mass is 32.1. The Hall–Kier alpha value is -1.88. The number of nitrogens with zero attached hydrogens (tertiary/aromatic N) is 2. The molecule has 3 heterocycles. The Labute approximate surface area is 128 Å². The molecule has 2 atom stereocenters. The summed E-state index contributed by atoms with van der Waals surface area (Å²) in [6.45, 7) is 2.83. The van der Waals surface area contributed by atoms with E-state index >= 15 is 0 Å². The van der Waals surface area contributed by atoms with Crippen molar-refractivity contribution in [1.82, 2.24) is 15.2 Å². The fourth-order valence-corrected chi connectivity index (χ4v) is 3.66. The summed E-state index contributed by atoms with van der Waals surface area (Å²) in [5.41, 5.74) is 1.07. The summed E-state index contributed by atoms with van der Waals surface area (Å²) in [4.78, 5) is 19.8. The van der Waals surface area contributed by atoms with Crippen LogP contribution in [0.2, 0.25) is 0 Å². The van der Waals surface area contributed by atoms with Crippen LogP contribution in [0, 0.1) is 0 Å². The minimum atomic E-state index is -0.00918. The van der Waals surface area contributed by atoms with E-state index in [0.29, 0.717) is 0 Å². The van der Waals surface area contributed by atoms with E-state index in [-0.39, 0.29) is 18.1 Å². The first-order valence-corrected chi connectivity index (χ1v) is 8.14. The van der Waals surface area contributed by atoms with Crippen LogP contribution < -0.4 is 5.32 Å². The third-order valence-corrected chi connectivity index (χ3v) is 4.90. The molecule has 110 valence electrons. The average Bonchev–Trinajstić information content (AvgIpc) is 3.18. The van der Waals surface area contributed by atoms with Crippen LogP contribution in [0.15, 0.2) is 42.0 Å². The lowest BCUT2D eigenvalue weighted by Gasteiger charge is -2.26. The van der Waals surface area contributed by atoms with Crippen LogP contribution in [0.5, 0.6) is 0 Å². The molecule has 0 radical (unpaired) electrons. The topological polar surface area (TPSA) is 45.2 Å². The lowest BCUT2D eigenvalue weighted by Crippen LogP contribution is -2.40. The standard InChI is InChI=1S/C16H19N3OS/c1-12(13-6-8-17-9-7-13)18-16(20)19-10-2-4-14(19)15-5-3-11-21-15/h3,5-9,11-12,14H,2,4,10H2,1H3,(H,18,20)/t12-,14-/m1/s1. The molecule has 2 aromatic heterocycles. The largest absolute Gasteiger partial charge is 0.331 e. The van der Waals surface area contributed by atoms with E-state index in [0.717, 1.165) is 24.9 Å². The monoisotopic (exact) mass is 301 g/mol. The zero-order chi connectivity index (χ0) is 14.7. The molecule has 2 amide bonds. The number of nitrogens with one attached hydrogen (secondary N) is 1. The van der Waals surface area contributed by atoms with Crippen LogP contribution in [0.3, 0.4) is 0 Å². The Bertz CT molecular complexity index is 585. The summed E-state index contributed by atoms with van der Waals surface area (Å²) in [5, 5.41) is 5.17. The number of rotatable bonds is 3. The van der Waals surface area contributed by atoms with Gasteiger partial charge in [0.2, 0.25) is 0 Å². The summed E-state index contributed by atoms with van der Waals surface area (Å²) >= 11 is 1.73. The van der Waals surface area contributed by atoms with Gasteiger partial charge < -0.3 is 10.2 Å². The van der Waals surface area contributed by atoms with Crippen molar-refractivity contribution in [1.29, 1.82) is 0 Å². The third kappa shape index (κ3) is 3.08. The molecule has 1 fully saturated rings. The molecule has 4 nitrogen and oxygen atoms in total. The Morgan fingerprint density at radius 2 is 2.24 bits per heavy atom. The van der Waals surface area contributed by atoms with Crippen LogP contribution in [-0.4, -0.2) is 22.5 Å². The molecular formula is C16H19N3OS. The highest BCUT2D eigenvalue weighted by Crippen LogP contribution is 2.34. The normalized spacial score (nSPS) is 19.5. The second kappa shape index (κ2) is 6.26. The highest BCUT2D eigenvalue weighted by molar-refractivity contribution is 7.10. The molecular weight excluding hydrogens is 282 g/mol. The van der Waals surface area contributed by atoms with E-state index < -0.39 is 0 Å². The van der Waals surface area contributed by atoms with E-state index in [2.05, 4.69) is 21.7 Å². The van der Waals surface area contributed by atoms with Gasteiger partial charge in [0.1, 0.15) is 0 Å². The Morgan fingerprint density at radius 1 is 1.43 bits per heavy atom. The van der Waals surface area contributed by atoms with Gasteiger partial charge in [-0.2, -0.15) is 0 Å². The number of amides is 2. The number of likely N-dealkylation sites (tertiary alicyclic amines) is 1. The number of hydrogen-bond acceptors (Lipinski definition) is 3. The molecule has 3 rings (SSSR count). The first-order valence-electron chi connectivity index (χ1n) is 7.26. The highest BCUT2D eigenvalue weighted by Gasteiger charge is 2.31. The van der Waals surface area contributed by atoms with Gasteiger partial charge in [0.05, 0.1) is 12.1 Å². The lowest BCUT2D eigenvalue weighted by molar-refractivity contribution is 0.190. The third-order valence-electron chi connectivity index (χ3n) is 3.93. The van der Waals surface area contributed by atoms with Crippen molar-refractivity contribution in [2.24, 2.45) is 0 Å². The molecule has 0 bridgehead atoms. The van der Waals surface area contributed by atoms with Gasteiger partial charge in [-0.25, -0.2) is 4.79 Å². The number of pyridine rings is 1. The first kappa shape index (κ1) is 14.1. The van der Waals surface area contributed by atoms with Gasteiger partial charge in [0.15, 0.2) is 0 Å². The molecule has 0 aromatic carbocycles. The zero-order valence-electron chi connectivity index (χ0n) is 12.0. The number of thiophene rings is 1. The molecule has 1 N–H and O–H groups in total. The fraction of sp³-hybridized carbons (Fsp3) is 0.375. The quantitative estimate of drug-likeness (QED) is 0.938. The minimum Gasteiger partial charge on any atom is -0.331 e. The van der Waals surface area contributed by atoms with Gasteiger partial charge >= 0.3 is 6.03 Å². The lowest BCUT2D eigenvalue weighted by atomic mass is 10.1. The maximum atomic E-state index is 12.5. The number of carbonyl (C=O) groups is 1. The van der Waals surface area contributed by atoms with E-state index in [1.54, 1.807) is 23.7 Å². The van der Waals surface area contributed by atoms with E-state index in [9.17, 15) is 4.79 Å². The first-order chi connectivity index (χ1) is 10.3. The van der Waals surface area contributed by atoms with Gasteiger partial charge in [-0.3, -0.25) is 4.98 Å². The maximum absolute atomic E-state index is 12.5. The maximum Gasteiger partial charge on any atom is 0.318 e. The SMILES string of the molecule is C[C@@H](NC(=O)N1CCC[C@@H]1c1cccs1)c1ccncc1. The predicted octanol–water partition coefficient (Wildman–Crippen LogP) is 3.75. The van der Waals surface area contributed by atoms with E-state index in [4.69, 9.17) is 0 Å². The van der Waals surface area contributed by atoms with Crippen molar-refractivity contribution in [2.45, 2.75) is 31.8 Å². The van der Waals surface area contributed by atoms with Crippen LogP contribution >= 0.6 is 11.3 Å². The molecule has 1 aliphatic rings. The molecule has 1 aliphatic heterocycles. The van der Waals surface area contributed by atoms with Crippen LogP contribution in [0.4, 0.5) is 4.79 Å². The summed E-state index contributed by atoms with van der Waals surface area (Å²) in [7, 11) is 0. The number of hydrogen-bond donors (Lipinski definition) is 1. The summed E-state index contributed by atoms with van der Waals surface area (Å²) in [6, 6.07) is 8.29. The molecule has 2 aromatic rings. The molecule has 0 unspecified atom stereocenters. The Morgan fingerprint density at radius 3 is 2.95 bits per heavy atom. The van der Waals surface area contributed by atoms with Gasteiger partial charge in [0, 0.05) is 23.8 Å². The van der Waals surface area contributed by atoms with Crippen molar-refractivity contribution in [3.63, 3.8) is 0 Å². The van der Waals surface area contributed by atoms with Gasteiger partial charge in [-0.15, -0.1) is 11.3 Å². The molecule has 21 heavy (non-hydrogen) atoms. The molecule has 0 saturated carbocycles. The van der Waals surface area contributed by atoms with Crippen molar-refractivity contribution in [3.8, 4) is 0 Å². The van der Waals surface area contributed by atoms with Gasteiger partial charge in [-0.05, 0) is 48.9 Å². The zero-order valence-corrected chi connectivity index (χ0v) is 12.8. The van der Waals surface area contributed by atoms with Crippen LogP contribution in [-0.2, 0) is 0 Å². The molecule has 0 aliphatic carbocycles. The second-order valence-electron chi connectivity index (χ2n) is 5.32. The van der Waals surface area contributed by atoms with Crippen molar-refractivity contribution in [2.75, 3.05) is 6.54 Å². The summed E-state index contributed by atoms with van der Waals surface area (Å²) in [5.74, 6) is 0. The Kier molecular flexibility index (Phi) is 4.20. The summed E-state index contributed by atoms with van der Waals surface area (Å²) < 4.78 is 0. The smallest absolute Gasteiger partial charge is 0.318 e. The molecule has 5 heteroatoms. The van der Waals surface area contributed by atoms with Gasteiger partial charge in [-0.1, -0.05) is 6.07 Å². The van der Waals surface area contributed by atoms with Crippen LogP contribution in [0.1, 0.15) is 42.3 Å². The fourth-order valence-electron chi connectivity index (χ4n) is 2.79. The number of aromatic nitrogens is 1. The Balaban J connectivity index is 1.67. The second-order valence-corrected chi connectivity index (χ2v) is 6.30. The van der Waals surface area contributed by atoms with Crippen LogP contribution in [0.25, 0.3) is 0 Å². The number of urea groups is 1. The minimum absolute atomic E-state index is 0.00918. The summed E-state index contributed by atoms with van der Waals surface area (Å²) in [6.07, 6.45) is 5.63. The molecule has 1 saturated heterocycles. The van der Waals surface area contributed by atoms with Gasteiger partial charge in [0.25, 0.3) is 0 Å². The average molecular weight is 301 g/mol. The van der Waals surface area contributed by atoms with E-state index in [1.807, 2.05) is 30.0 Å². The van der Waals surface area contributed by atoms with Crippen molar-refractivity contribution < 1.29 is 4.79 Å². The van der Waals surface area contributed by atoms with E-state index in [1.165, 1.54) is 4.88 Å².